The lowest BCUT2D eigenvalue weighted by molar-refractivity contribution is -0.135. The van der Waals surface area contributed by atoms with E-state index < -0.39 is 0 Å². The van der Waals surface area contributed by atoms with Crippen LogP contribution in [0.25, 0.3) is 11.0 Å². The van der Waals surface area contributed by atoms with Crippen molar-refractivity contribution in [3.8, 4) is 0 Å². The average Bonchev–Trinajstić information content (AvgIpc) is 3.32. The van der Waals surface area contributed by atoms with Crippen molar-refractivity contribution in [1.29, 1.82) is 0 Å². The summed E-state index contributed by atoms with van der Waals surface area (Å²) in [6.07, 6.45) is 4.17. The first kappa shape index (κ1) is 18.5. The van der Waals surface area contributed by atoms with Crippen LogP contribution in [0.2, 0.25) is 0 Å². The first-order valence-electron chi connectivity index (χ1n) is 8.70. The second kappa shape index (κ2) is 6.78. The number of nitrogens with zero attached hydrogens (tertiary/aromatic N) is 3. The summed E-state index contributed by atoms with van der Waals surface area (Å²) in [5.41, 5.74) is 2.00. The molecule has 7 heteroatoms. The third kappa shape index (κ3) is 2.56. The van der Waals surface area contributed by atoms with Crippen LogP contribution in [0.5, 0.6) is 0 Å². The maximum absolute atomic E-state index is 13.2. The molecule has 1 unspecified atom stereocenters. The molecule has 4 heterocycles. The van der Waals surface area contributed by atoms with Gasteiger partial charge in [0.15, 0.2) is 0 Å². The van der Waals surface area contributed by atoms with Crippen molar-refractivity contribution in [2.24, 2.45) is 11.8 Å². The van der Waals surface area contributed by atoms with Gasteiger partial charge in [-0.3, -0.25) is 4.79 Å². The lowest BCUT2D eigenvalue weighted by atomic mass is 9.82. The average molecular weight is 383 g/mol. The fourth-order valence-corrected chi connectivity index (χ4v) is 5.22. The number of halogens is 2. The van der Waals surface area contributed by atoms with E-state index in [4.69, 9.17) is 0 Å². The Morgan fingerprint density at radius 2 is 1.80 bits per heavy atom. The summed E-state index contributed by atoms with van der Waals surface area (Å²) in [6, 6.07) is 8.75. The van der Waals surface area contributed by atoms with Crippen molar-refractivity contribution >= 4 is 41.8 Å². The Balaban J connectivity index is 0.000000911. The number of benzene rings is 1. The minimum Gasteiger partial charge on any atom is -0.334 e. The molecule has 5 nitrogen and oxygen atoms in total. The molecule has 0 spiro atoms. The summed E-state index contributed by atoms with van der Waals surface area (Å²) in [5, 5.41) is 3.51. The molecule has 3 fully saturated rings. The van der Waals surface area contributed by atoms with E-state index in [2.05, 4.69) is 15.2 Å². The van der Waals surface area contributed by atoms with Crippen LogP contribution in [-0.4, -0.2) is 45.5 Å². The SMILES string of the molecule is CC(C(=O)N1[C@@H]2CC[C@H]1[C@H]1CNC[C@H]12)n1cnc2ccccc21.Cl.Cl. The lowest BCUT2D eigenvalue weighted by Crippen LogP contribution is -2.42. The van der Waals surface area contributed by atoms with Gasteiger partial charge in [-0.15, -0.1) is 24.8 Å². The van der Waals surface area contributed by atoms with Gasteiger partial charge in [0.25, 0.3) is 0 Å². The predicted molar refractivity (Wildman–Crippen MR) is 102 cm³/mol. The van der Waals surface area contributed by atoms with Gasteiger partial charge in [-0.2, -0.15) is 0 Å². The number of hydrogen-bond acceptors (Lipinski definition) is 3. The van der Waals surface area contributed by atoms with Crippen molar-refractivity contribution < 1.29 is 4.79 Å². The molecule has 136 valence electrons. The van der Waals surface area contributed by atoms with Crippen molar-refractivity contribution in [1.82, 2.24) is 19.8 Å². The molecule has 0 saturated carbocycles. The zero-order chi connectivity index (χ0) is 15.6. The number of nitrogens with one attached hydrogen (secondary N) is 1. The topological polar surface area (TPSA) is 50.2 Å². The third-order valence-electron chi connectivity index (χ3n) is 6.28. The fraction of sp³-hybridized carbons (Fsp3) is 0.556. The van der Waals surface area contributed by atoms with E-state index in [0.717, 1.165) is 24.1 Å². The molecule has 2 bridgehead atoms. The molecule has 3 saturated heterocycles. The summed E-state index contributed by atoms with van der Waals surface area (Å²) in [5.74, 6) is 1.61. The Morgan fingerprint density at radius 1 is 1.16 bits per heavy atom. The number of hydrogen-bond donors (Lipinski definition) is 1. The second-order valence-electron chi connectivity index (χ2n) is 7.26. The highest BCUT2D eigenvalue weighted by atomic mass is 35.5. The molecule has 1 amide bonds. The smallest absolute Gasteiger partial charge is 0.245 e. The van der Waals surface area contributed by atoms with Crippen molar-refractivity contribution in [2.45, 2.75) is 37.9 Å². The Hall–Kier alpha value is -1.30. The molecule has 1 aromatic carbocycles. The first-order chi connectivity index (χ1) is 11.3. The number of rotatable bonds is 2. The number of aromatic nitrogens is 2. The largest absolute Gasteiger partial charge is 0.334 e. The summed E-state index contributed by atoms with van der Waals surface area (Å²) in [4.78, 5) is 19.9. The van der Waals surface area contributed by atoms with Gasteiger partial charge in [-0.05, 0) is 43.7 Å². The van der Waals surface area contributed by atoms with E-state index in [1.54, 1.807) is 0 Å². The van der Waals surface area contributed by atoms with Gasteiger partial charge >= 0.3 is 0 Å². The van der Waals surface area contributed by atoms with E-state index >= 15 is 0 Å². The number of para-hydroxylation sites is 2. The van der Waals surface area contributed by atoms with E-state index in [9.17, 15) is 4.79 Å². The molecule has 5 atom stereocenters. The second-order valence-corrected chi connectivity index (χ2v) is 7.26. The van der Waals surface area contributed by atoms with Crippen LogP contribution in [0.15, 0.2) is 30.6 Å². The van der Waals surface area contributed by atoms with Gasteiger partial charge in [-0.25, -0.2) is 4.98 Å². The normalized spacial score (nSPS) is 30.7. The Labute approximate surface area is 160 Å². The molecule has 0 radical (unpaired) electrons. The Bertz CT molecular complexity index is 761. The number of carbonyl (C=O) groups is 1. The van der Waals surface area contributed by atoms with Gasteiger partial charge in [-0.1, -0.05) is 12.1 Å². The number of amides is 1. The minimum atomic E-state index is -0.183. The highest BCUT2D eigenvalue weighted by molar-refractivity contribution is 5.86. The Kier molecular flexibility index (Phi) is 5.02. The predicted octanol–water partition coefficient (Wildman–Crippen LogP) is 2.65. The van der Waals surface area contributed by atoms with E-state index in [-0.39, 0.29) is 36.8 Å². The van der Waals surface area contributed by atoms with E-state index in [1.165, 1.54) is 12.8 Å². The van der Waals surface area contributed by atoms with Crippen LogP contribution < -0.4 is 5.32 Å². The van der Waals surface area contributed by atoms with Crippen LogP contribution in [0.1, 0.15) is 25.8 Å². The fourth-order valence-electron chi connectivity index (χ4n) is 5.22. The molecule has 3 aliphatic rings. The summed E-state index contributed by atoms with van der Waals surface area (Å²) in [6.45, 7) is 4.18. The summed E-state index contributed by atoms with van der Waals surface area (Å²) in [7, 11) is 0. The van der Waals surface area contributed by atoms with Crippen LogP contribution in [0, 0.1) is 11.8 Å². The number of carbonyl (C=O) groups excluding carboxylic acids is 1. The highest BCUT2D eigenvalue weighted by Crippen LogP contribution is 2.48. The quantitative estimate of drug-likeness (QED) is 0.868. The maximum Gasteiger partial charge on any atom is 0.245 e. The van der Waals surface area contributed by atoms with E-state index in [0.29, 0.717) is 23.9 Å². The highest BCUT2D eigenvalue weighted by Gasteiger charge is 2.56. The molecule has 3 aliphatic heterocycles. The van der Waals surface area contributed by atoms with Gasteiger partial charge in [0.2, 0.25) is 5.91 Å². The number of imidazole rings is 1. The van der Waals surface area contributed by atoms with Gasteiger partial charge in [0.05, 0.1) is 17.4 Å². The van der Waals surface area contributed by atoms with Gasteiger partial charge in [0.1, 0.15) is 6.04 Å². The molecule has 0 aliphatic carbocycles. The van der Waals surface area contributed by atoms with Crippen molar-refractivity contribution in [3.05, 3.63) is 30.6 Å². The molecule has 1 aromatic heterocycles. The minimum absolute atomic E-state index is 0. The molecular formula is C18H24Cl2N4O. The van der Waals surface area contributed by atoms with Crippen LogP contribution >= 0.6 is 24.8 Å². The van der Waals surface area contributed by atoms with Crippen LogP contribution in [0.4, 0.5) is 0 Å². The standard InChI is InChI=1S/C18H22N4O.2ClH/c1-11(21-10-20-14-4-2-3-5-17(14)21)18(23)22-15-6-7-16(22)13-9-19-8-12(13)15;;/h2-5,10-13,15-16,19H,6-9H2,1H3;2*1H/t11?,12-,13+,15-,16+;;. The first-order valence-corrected chi connectivity index (χ1v) is 8.70. The molecule has 25 heavy (non-hydrogen) atoms. The zero-order valence-electron chi connectivity index (χ0n) is 14.2. The molecule has 1 N–H and O–H groups in total. The third-order valence-corrected chi connectivity index (χ3v) is 6.28. The van der Waals surface area contributed by atoms with Crippen LogP contribution in [0.3, 0.4) is 0 Å². The molecular weight excluding hydrogens is 359 g/mol. The van der Waals surface area contributed by atoms with Crippen LogP contribution in [-0.2, 0) is 4.79 Å². The lowest BCUT2D eigenvalue weighted by Gasteiger charge is -2.28. The van der Waals surface area contributed by atoms with E-state index in [1.807, 2.05) is 42.1 Å². The maximum atomic E-state index is 13.2. The molecule has 2 aromatic rings. The zero-order valence-corrected chi connectivity index (χ0v) is 15.8. The Morgan fingerprint density at radius 3 is 2.48 bits per heavy atom. The van der Waals surface area contributed by atoms with Gasteiger partial charge in [0, 0.05) is 25.2 Å². The summed E-state index contributed by atoms with van der Waals surface area (Å²) >= 11 is 0. The van der Waals surface area contributed by atoms with Crippen molar-refractivity contribution in [3.63, 3.8) is 0 Å². The molecule has 5 rings (SSSR count). The monoisotopic (exact) mass is 382 g/mol. The van der Waals surface area contributed by atoms with Gasteiger partial charge < -0.3 is 14.8 Å². The summed E-state index contributed by atoms with van der Waals surface area (Å²) < 4.78 is 2.03. The van der Waals surface area contributed by atoms with Crippen molar-refractivity contribution in [2.75, 3.05) is 13.1 Å². The number of fused-ring (bicyclic) bond motifs is 6.